The van der Waals surface area contributed by atoms with Crippen molar-refractivity contribution in [2.45, 2.75) is 68.3 Å². The fraction of sp³-hybridized carbons (Fsp3) is 0.469. The highest BCUT2D eigenvalue weighted by Gasteiger charge is 2.61. The van der Waals surface area contributed by atoms with Gasteiger partial charge in [0.15, 0.2) is 9.84 Å². The Kier molecular flexibility index (Phi) is 8.59. The first-order valence-electron chi connectivity index (χ1n) is 15.8. The van der Waals surface area contributed by atoms with E-state index < -0.39 is 20.9 Å². The number of hydrogen-bond donors (Lipinski definition) is 4. The zero-order valence-corrected chi connectivity index (χ0v) is 27.0. The Morgan fingerprint density at radius 2 is 1.76 bits per heavy atom. The lowest BCUT2D eigenvalue weighted by molar-refractivity contribution is -1.08. The summed E-state index contributed by atoms with van der Waals surface area (Å²) in [5, 5.41) is 20.1. The molecule has 4 heterocycles. The van der Waals surface area contributed by atoms with Crippen LogP contribution in [0.25, 0.3) is 0 Å². The fourth-order valence-corrected chi connectivity index (χ4v) is 8.17. The number of fused-ring (bicyclic) bond motifs is 1. The van der Waals surface area contributed by atoms with Crippen molar-refractivity contribution in [1.29, 1.82) is 0 Å². The predicted molar refractivity (Wildman–Crippen MR) is 175 cm³/mol. The Labute approximate surface area is 264 Å². The Morgan fingerprint density at radius 3 is 2.47 bits per heavy atom. The summed E-state index contributed by atoms with van der Waals surface area (Å²) in [6.07, 6.45) is 9.05. The molecule has 2 saturated heterocycles. The number of ether oxygens (including phenoxy) is 1. The van der Waals surface area contributed by atoms with Crippen LogP contribution in [0, 0.1) is 0 Å². The minimum Gasteiger partial charge on any atom is -0.495 e. The van der Waals surface area contributed by atoms with Crippen molar-refractivity contribution in [1.82, 2.24) is 15.2 Å². The molecule has 0 spiro atoms. The van der Waals surface area contributed by atoms with Gasteiger partial charge in [-0.3, -0.25) is 9.89 Å². The molecule has 0 radical (unpaired) electrons. The van der Waals surface area contributed by atoms with Gasteiger partial charge in [-0.1, -0.05) is 18.6 Å². The Hall–Kier alpha value is -3.94. The Balaban J connectivity index is 1.58. The monoisotopic (exact) mass is 635 g/mol. The van der Waals surface area contributed by atoms with E-state index in [4.69, 9.17) is 9.73 Å². The van der Waals surface area contributed by atoms with Gasteiger partial charge in [-0.05, 0) is 76.3 Å². The second kappa shape index (κ2) is 12.5. The number of nitrogens with one attached hydrogen (secondary N) is 4. The van der Waals surface area contributed by atoms with E-state index in [1.54, 1.807) is 57.5 Å². The van der Waals surface area contributed by atoms with Gasteiger partial charge < -0.3 is 20.7 Å². The number of sulfone groups is 1. The molecule has 13 heteroatoms. The predicted octanol–water partition coefficient (Wildman–Crippen LogP) is 4.93. The van der Waals surface area contributed by atoms with Crippen molar-refractivity contribution in [2.24, 2.45) is 4.99 Å². The standard InChI is InChI=1S/C32H42N8O4S/c1-23(2)45(42,43)29-13-7-6-12-27(29)36-32(40(18-10-5-11-19-40)39-16-8-4-9-17-39)25-21-33-38-30(25)35-31(37-32)34-26-15-14-24(22-41)20-28(26)44-3/h6-7,12-15,20-23,36H,4-5,8-11,16-19H2,1-3H3,(H2-,33,34,35,37,38,41)/p+1. The number of rotatable bonds is 9. The largest absolute Gasteiger partial charge is 0.495 e. The van der Waals surface area contributed by atoms with Crippen molar-refractivity contribution in [3.05, 3.63) is 59.8 Å². The molecular weight excluding hydrogens is 592 g/mol. The maximum atomic E-state index is 13.7. The summed E-state index contributed by atoms with van der Waals surface area (Å²) >= 11 is 0. The maximum absolute atomic E-state index is 13.7. The fourth-order valence-electron chi connectivity index (χ4n) is 6.97. The summed E-state index contributed by atoms with van der Waals surface area (Å²) in [6, 6.07) is 12.3. The van der Waals surface area contributed by atoms with Crippen LogP contribution in [0.3, 0.4) is 0 Å². The number of methoxy groups -OCH3 is 1. The lowest BCUT2D eigenvalue weighted by Gasteiger charge is -2.57. The van der Waals surface area contributed by atoms with Crippen molar-refractivity contribution in [3.8, 4) is 5.75 Å². The molecule has 1 atom stereocenters. The molecule has 0 saturated carbocycles. The van der Waals surface area contributed by atoms with E-state index in [0.717, 1.165) is 70.1 Å². The Bertz CT molecular complexity index is 1680. The smallest absolute Gasteiger partial charge is 0.325 e. The number of carbonyl (C=O) groups excluding carboxylic acids is 1. The highest BCUT2D eigenvalue weighted by Crippen LogP contribution is 2.48. The van der Waals surface area contributed by atoms with Crippen LogP contribution in [0.1, 0.15) is 68.3 Å². The van der Waals surface area contributed by atoms with Crippen molar-refractivity contribution < 1.29 is 22.5 Å². The quantitative estimate of drug-likeness (QED) is 0.190. The van der Waals surface area contributed by atoms with Crippen LogP contribution >= 0.6 is 0 Å². The summed E-state index contributed by atoms with van der Waals surface area (Å²) in [5.74, 6) is 0.407. The van der Waals surface area contributed by atoms with Crippen LogP contribution in [0.2, 0.25) is 0 Å². The molecule has 12 nitrogen and oxygen atoms in total. The summed E-state index contributed by atoms with van der Waals surface area (Å²) in [5.41, 5.74) is 2.42. The summed E-state index contributed by atoms with van der Waals surface area (Å²) < 4.78 is 33.5. The van der Waals surface area contributed by atoms with Crippen molar-refractivity contribution in [3.63, 3.8) is 0 Å². The zero-order valence-electron chi connectivity index (χ0n) is 26.2. The number of hydrogen-bond acceptors (Lipinski definition) is 10. The van der Waals surface area contributed by atoms with E-state index in [0.29, 0.717) is 39.1 Å². The number of likely N-dealkylation sites (tertiary alicyclic amines) is 1. The van der Waals surface area contributed by atoms with Gasteiger partial charge >= 0.3 is 5.79 Å². The van der Waals surface area contributed by atoms with Gasteiger partial charge in [0.1, 0.15) is 36.5 Å². The molecule has 6 rings (SSSR count). The number of benzene rings is 2. The second-order valence-electron chi connectivity index (χ2n) is 12.3. The molecule has 3 aliphatic heterocycles. The number of piperidine rings is 2. The number of aldehydes is 1. The number of aliphatic imine (C=N–C) groups is 1. The average Bonchev–Trinajstić information content (AvgIpc) is 3.55. The molecule has 0 aliphatic carbocycles. The third-order valence-electron chi connectivity index (χ3n) is 9.30. The third kappa shape index (κ3) is 5.46. The van der Waals surface area contributed by atoms with Gasteiger partial charge in [0, 0.05) is 18.7 Å². The lowest BCUT2D eigenvalue weighted by atomic mass is 9.99. The van der Waals surface area contributed by atoms with Crippen LogP contribution in [-0.2, 0) is 15.6 Å². The molecule has 2 fully saturated rings. The molecule has 0 amide bonds. The maximum Gasteiger partial charge on any atom is 0.325 e. The number of aromatic nitrogens is 2. The number of anilines is 3. The first-order valence-corrected chi connectivity index (χ1v) is 17.3. The highest BCUT2D eigenvalue weighted by molar-refractivity contribution is 7.92. The molecule has 1 aromatic heterocycles. The molecular formula is C32H43N8O4S+. The van der Waals surface area contributed by atoms with Crippen molar-refractivity contribution in [2.75, 3.05) is 49.2 Å². The zero-order chi connectivity index (χ0) is 31.7. The summed E-state index contributed by atoms with van der Waals surface area (Å²) in [6.45, 7) is 6.88. The van der Waals surface area contributed by atoms with Crippen molar-refractivity contribution >= 4 is 39.3 Å². The number of quaternary nitrogens is 1. The first kappa shape index (κ1) is 31.1. The number of carbonyl (C=O) groups is 1. The number of H-pyrrole nitrogens is 1. The van der Waals surface area contributed by atoms with Crippen LogP contribution < -0.4 is 20.7 Å². The van der Waals surface area contributed by atoms with E-state index in [9.17, 15) is 13.2 Å². The van der Waals surface area contributed by atoms with Gasteiger partial charge in [-0.2, -0.15) is 19.7 Å². The normalized spacial score (nSPS) is 21.7. The van der Waals surface area contributed by atoms with Gasteiger partial charge in [0.25, 0.3) is 0 Å². The molecule has 3 aromatic rings. The molecule has 2 aromatic carbocycles. The Morgan fingerprint density at radius 1 is 1.02 bits per heavy atom. The van der Waals surface area contributed by atoms with Crippen LogP contribution in [0.5, 0.6) is 5.75 Å². The van der Waals surface area contributed by atoms with Gasteiger partial charge in [-0.25, -0.2) is 8.42 Å². The molecule has 3 aliphatic rings. The minimum absolute atomic E-state index is 0.243. The van der Waals surface area contributed by atoms with Gasteiger partial charge in [0.05, 0.1) is 34.8 Å². The average molecular weight is 636 g/mol. The minimum atomic E-state index is -3.63. The van der Waals surface area contributed by atoms with Crippen LogP contribution in [0.15, 0.2) is 58.5 Å². The van der Waals surface area contributed by atoms with E-state index in [2.05, 4.69) is 31.2 Å². The lowest BCUT2D eigenvalue weighted by Crippen LogP contribution is -2.75. The second-order valence-corrected chi connectivity index (χ2v) is 14.8. The number of nitrogens with zero attached hydrogens (tertiary/aromatic N) is 4. The number of aromatic amines is 1. The SMILES string of the molecule is COc1cc(C=O)ccc1NC1=NC(Nc2ccccc2S(=O)(=O)C(C)C)([N+]2(N3CCCCC3)CCCCC2)c2cn[nH]c2N1. The van der Waals surface area contributed by atoms with Gasteiger partial charge in [0.2, 0.25) is 5.96 Å². The van der Waals surface area contributed by atoms with E-state index in [-0.39, 0.29) is 4.90 Å². The topological polar surface area (TPSA) is 141 Å². The van der Waals surface area contributed by atoms with Gasteiger partial charge in [-0.15, -0.1) is 0 Å². The van der Waals surface area contributed by atoms with Crippen LogP contribution in [0.4, 0.5) is 17.2 Å². The third-order valence-corrected chi connectivity index (χ3v) is 11.5. The van der Waals surface area contributed by atoms with E-state index in [1.807, 2.05) is 12.1 Å². The molecule has 0 bridgehead atoms. The van der Waals surface area contributed by atoms with E-state index >= 15 is 0 Å². The van der Waals surface area contributed by atoms with E-state index in [1.165, 1.54) is 6.42 Å². The summed E-state index contributed by atoms with van der Waals surface area (Å²) in [7, 11) is -2.08. The highest BCUT2D eigenvalue weighted by atomic mass is 32.2. The van der Waals surface area contributed by atoms with Crippen LogP contribution in [-0.4, -0.2) is 79.0 Å². The molecule has 1 unspecified atom stereocenters. The number of para-hydroxylation sites is 1. The molecule has 45 heavy (non-hydrogen) atoms. The summed E-state index contributed by atoms with van der Waals surface area (Å²) in [4.78, 5) is 17.2. The molecule has 240 valence electrons. The number of guanidine groups is 1. The first-order chi connectivity index (χ1) is 21.7. The molecule has 4 N–H and O–H groups in total.